The lowest BCUT2D eigenvalue weighted by atomic mass is 10.3. The van der Waals surface area contributed by atoms with E-state index in [1.54, 1.807) is 11.8 Å². The number of carbonyl (C=O) groups excluding carboxylic acids is 1. The Labute approximate surface area is 118 Å². The van der Waals surface area contributed by atoms with Crippen LogP contribution in [0.3, 0.4) is 0 Å². The Morgan fingerprint density at radius 2 is 2.41 bits per heavy atom. The Bertz CT molecular complexity index is 426. The molecule has 0 saturated heterocycles. The number of alkyl halides is 1. The van der Waals surface area contributed by atoms with Crippen LogP contribution in [0.2, 0.25) is 0 Å². The zero-order valence-corrected chi connectivity index (χ0v) is 12.4. The molecule has 0 bridgehead atoms. The molecule has 0 aromatic heterocycles. The summed E-state index contributed by atoms with van der Waals surface area (Å²) in [6, 6.07) is 5.83. The smallest absolute Gasteiger partial charge is 0.190 e. The van der Waals surface area contributed by atoms with Gasteiger partial charge in [-0.05, 0) is 24.0 Å². The van der Waals surface area contributed by atoms with Crippen molar-refractivity contribution in [3.05, 3.63) is 22.7 Å². The van der Waals surface area contributed by atoms with Crippen LogP contribution in [-0.2, 0) is 4.79 Å². The van der Waals surface area contributed by atoms with Gasteiger partial charge in [-0.3, -0.25) is 10.2 Å². The molecule has 0 radical (unpaired) electrons. The van der Waals surface area contributed by atoms with E-state index in [1.807, 2.05) is 18.2 Å². The fourth-order valence-corrected chi connectivity index (χ4v) is 2.44. The van der Waals surface area contributed by atoms with Crippen molar-refractivity contribution < 1.29 is 4.79 Å². The second-order valence-electron chi connectivity index (χ2n) is 3.04. The van der Waals surface area contributed by atoms with E-state index in [9.17, 15) is 4.79 Å². The molecule has 0 spiro atoms. The molecule has 1 aromatic carbocycles. The number of benzene rings is 1. The largest absolute Gasteiger partial charge is 0.292 e. The van der Waals surface area contributed by atoms with Gasteiger partial charge in [0.25, 0.3) is 0 Å². The second-order valence-corrected chi connectivity index (χ2v) is 5.53. The number of ketones is 1. The average Bonchev–Trinajstić information content (AvgIpc) is 2.32. The van der Waals surface area contributed by atoms with E-state index in [1.165, 1.54) is 6.21 Å². The van der Waals surface area contributed by atoms with Crippen molar-refractivity contribution in [1.29, 1.82) is 0 Å². The quantitative estimate of drug-likeness (QED) is 0.372. The van der Waals surface area contributed by atoms with E-state index in [4.69, 9.17) is 11.6 Å². The number of nitrogens with one attached hydrogen (secondary N) is 1. The van der Waals surface area contributed by atoms with Gasteiger partial charge in [0.15, 0.2) is 5.78 Å². The maximum Gasteiger partial charge on any atom is 0.190 e. The molecule has 0 heterocycles. The molecule has 3 nitrogen and oxygen atoms in total. The number of anilines is 1. The van der Waals surface area contributed by atoms with E-state index in [2.05, 4.69) is 33.4 Å². The van der Waals surface area contributed by atoms with Crippen molar-refractivity contribution in [2.45, 2.75) is 11.8 Å². The molecule has 0 unspecified atom stereocenters. The SMILES string of the molecule is CCSc1cc(Br)ccc1NN=CC(=O)CCl. The lowest BCUT2D eigenvalue weighted by molar-refractivity contribution is -0.110. The minimum Gasteiger partial charge on any atom is -0.292 e. The van der Waals surface area contributed by atoms with Crippen molar-refractivity contribution in [3.63, 3.8) is 0 Å². The molecule has 0 fully saturated rings. The fraction of sp³-hybridized carbons (Fsp3) is 0.273. The minimum atomic E-state index is -0.221. The molecule has 0 aliphatic heterocycles. The van der Waals surface area contributed by atoms with Crippen LogP contribution < -0.4 is 5.43 Å². The molecule has 0 atom stereocenters. The number of carbonyl (C=O) groups is 1. The van der Waals surface area contributed by atoms with Gasteiger partial charge in [0, 0.05) is 9.37 Å². The Morgan fingerprint density at radius 1 is 1.65 bits per heavy atom. The molecule has 92 valence electrons. The summed E-state index contributed by atoms with van der Waals surface area (Å²) in [5.74, 6) is 0.693. The highest BCUT2D eigenvalue weighted by Gasteiger charge is 2.02. The molecule has 0 amide bonds. The number of hydrogen-bond acceptors (Lipinski definition) is 4. The van der Waals surface area contributed by atoms with Crippen LogP contribution in [0.4, 0.5) is 5.69 Å². The number of rotatable bonds is 6. The first kappa shape index (κ1) is 14.5. The summed E-state index contributed by atoms with van der Waals surface area (Å²) in [6.07, 6.45) is 1.19. The van der Waals surface area contributed by atoms with Gasteiger partial charge in [-0.25, -0.2) is 0 Å². The van der Waals surface area contributed by atoms with Gasteiger partial charge in [0.2, 0.25) is 0 Å². The lowest BCUT2D eigenvalue weighted by Crippen LogP contribution is -2.02. The summed E-state index contributed by atoms with van der Waals surface area (Å²) in [6.45, 7) is 2.08. The van der Waals surface area contributed by atoms with Crippen molar-refractivity contribution in [2.75, 3.05) is 17.1 Å². The van der Waals surface area contributed by atoms with Gasteiger partial charge in [-0.2, -0.15) is 5.10 Å². The van der Waals surface area contributed by atoms with Crippen LogP contribution in [0.5, 0.6) is 0 Å². The Morgan fingerprint density at radius 3 is 3.06 bits per heavy atom. The molecule has 1 N–H and O–H groups in total. The van der Waals surface area contributed by atoms with Crippen LogP contribution in [0.15, 0.2) is 32.7 Å². The second kappa shape index (κ2) is 7.74. The van der Waals surface area contributed by atoms with Gasteiger partial charge in [-0.15, -0.1) is 23.4 Å². The predicted molar refractivity (Wildman–Crippen MR) is 78.4 cm³/mol. The molecule has 1 rings (SSSR count). The fourth-order valence-electron chi connectivity index (χ4n) is 1.07. The minimum absolute atomic E-state index is 0.0535. The molecule has 0 aliphatic rings. The van der Waals surface area contributed by atoms with E-state index in [0.29, 0.717) is 0 Å². The first-order valence-corrected chi connectivity index (χ1v) is 7.29. The van der Waals surface area contributed by atoms with E-state index >= 15 is 0 Å². The summed E-state index contributed by atoms with van der Waals surface area (Å²) < 4.78 is 1.01. The van der Waals surface area contributed by atoms with E-state index < -0.39 is 0 Å². The standard InChI is InChI=1S/C11H12BrClN2OS/c1-2-17-11-5-8(12)3-4-10(11)15-14-7-9(16)6-13/h3-5,7,15H,2,6H2,1H3. The molecule has 0 saturated carbocycles. The third-order valence-corrected chi connectivity index (χ3v) is 3.46. The van der Waals surface area contributed by atoms with Crippen LogP contribution in [0, 0.1) is 0 Å². The highest BCUT2D eigenvalue weighted by molar-refractivity contribution is 9.10. The normalized spacial score (nSPS) is 10.8. The predicted octanol–water partition coefficient (Wildman–Crippen LogP) is 3.77. The summed E-state index contributed by atoms with van der Waals surface area (Å²) >= 11 is 10.5. The van der Waals surface area contributed by atoms with Crippen LogP contribution in [0.25, 0.3) is 0 Å². The van der Waals surface area contributed by atoms with Crippen molar-refractivity contribution in [3.8, 4) is 0 Å². The Kier molecular flexibility index (Phi) is 6.62. The summed E-state index contributed by atoms with van der Waals surface area (Å²) in [4.78, 5) is 12.0. The van der Waals surface area contributed by atoms with Crippen molar-refractivity contribution in [2.24, 2.45) is 5.10 Å². The van der Waals surface area contributed by atoms with Gasteiger partial charge in [0.1, 0.15) is 0 Å². The highest BCUT2D eigenvalue weighted by Crippen LogP contribution is 2.30. The van der Waals surface area contributed by atoms with Gasteiger partial charge in [0.05, 0.1) is 17.8 Å². The summed E-state index contributed by atoms with van der Waals surface area (Å²) in [5, 5.41) is 3.85. The van der Waals surface area contributed by atoms with Gasteiger partial charge in [-0.1, -0.05) is 22.9 Å². The molecular formula is C11H12BrClN2OS. The zero-order chi connectivity index (χ0) is 12.7. The maximum atomic E-state index is 10.9. The molecule has 17 heavy (non-hydrogen) atoms. The lowest BCUT2D eigenvalue weighted by Gasteiger charge is -2.07. The number of nitrogens with zero attached hydrogens (tertiary/aromatic N) is 1. The van der Waals surface area contributed by atoms with Crippen molar-refractivity contribution in [1.82, 2.24) is 0 Å². The van der Waals surface area contributed by atoms with E-state index in [0.717, 1.165) is 20.8 Å². The first-order chi connectivity index (χ1) is 8.17. The number of hydrogen-bond donors (Lipinski definition) is 1. The topological polar surface area (TPSA) is 41.5 Å². The number of halogens is 2. The van der Waals surface area contributed by atoms with Crippen LogP contribution in [0.1, 0.15) is 6.92 Å². The average molecular weight is 336 g/mol. The van der Waals surface area contributed by atoms with Crippen LogP contribution in [-0.4, -0.2) is 23.6 Å². The molecule has 0 aliphatic carbocycles. The molecule has 1 aromatic rings. The van der Waals surface area contributed by atoms with Gasteiger partial charge >= 0.3 is 0 Å². The monoisotopic (exact) mass is 334 g/mol. The summed E-state index contributed by atoms with van der Waals surface area (Å²) in [5.41, 5.74) is 3.71. The number of thioether (sulfide) groups is 1. The first-order valence-electron chi connectivity index (χ1n) is 4.97. The Balaban J connectivity index is 2.76. The highest BCUT2D eigenvalue weighted by atomic mass is 79.9. The van der Waals surface area contributed by atoms with Gasteiger partial charge < -0.3 is 0 Å². The molecular weight excluding hydrogens is 324 g/mol. The third kappa shape index (κ3) is 5.10. The number of Topliss-reactive ketones (excluding diaryl/α,β-unsaturated/α-hetero) is 1. The van der Waals surface area contributed by atoms with Crippen LogP contribution >= 0.6 is 39.3 Å². The maximum absolute atomic E-state index is 10.9. The molecule has 6 heteroatoms. The zero-order valence-electron chi connectivity index (χ0n) is 9.24. The number of hydrazone groups is 1. The third-order valence-electron chi connectivity index (χ3n) is 1.77. The summed E-state index contributed by atoms with van der Waals surface area (Å²) in [7, 11) is 0. The Hall–Kier alpha value is -0.520. The van der Waals surface area contributed by atoms with Crippen molar-refractivity contribution >= 4 is 57.0 Å². The van der Waals surface area contributed by atoms with E-state index in [-0.39, 0.29) is 11.7 Å².